The number of thiophene rings is 1. The molecule has 1 heterocycles. The van der Waals surface area contributed by atoms with Crippen LogP contribution in [0.2, 0.25) is 0 Å². The highest BCUT2D eigenvalue weighted by Gasteiger charge is 2.64. The maximum atomic E-state index is 12.7. The van der Waals surface area contributed by atoms with E-state index < -0.39 is 29.4 Å². The first-order chi connectivity index (χ1) is 9.75. The maximum Gasteiger partial charge on any atom is 0.411 e. The number of nitrogens with one attached hydrogen (secondary N) is 1. The van der Waals surface area contributed by atoms with Crippen LogP contribution in [0, 0.1) is 11.8 Å². The summed E-state index contributed by atoms with van der Waals surface area (Å²) in [6, 6.07) is 3.30. The van der Waals surface area contributed by atoms with E-state index in [9.17, 15) is 22.8 Å². The summed E-state index contributed by atoms with van der Waals surface area (Å²) in [4.78, 5) is 23.3. The van der Waals surface area contributed by atoms with Crippen molar-refractivity contribution in [1.82, 2.24) is 5.32 Å². The first-order valence-corrected chi connectivity index (χ1v) is 6.86. The molecular formula is C13H11F3N2O2S. The van der Waals surface area contributed by atoms with Crippen molar-refractivity contribution in [3.63, 3.8) is 0 Å². The van der Waals surface area contributed by atoms with Crippen molar-refractivity contribution in [3.8, 4) is 11.8 Å². The molecule has 0 saturated heterocycles. The minimum atomic E-state index is -4.50. The summed E-state index contributed by atoms with van der Waals surface area (Å²) in [6.07, 6.45) is -4.82. The molecule has 1 saturated carbocycles. The van der Waals surface area contributed by atoms with Gasteiger partial charge in [-0.25, -0.2) is 0 Å². The number of amides is 2. The zero-order valence-electron chi connectivity index (χ0n) is 10.7. The summed E-state index contributed by atoms with van der Waals surface area (Å²) >= 11 is 1.23. The molecule has 2 rings (SSSR count). The molecule has 1 atom stereocenters. The van der Waals surface area contributed by atoms with E-state index in [-0.39, 0.29) is 12.8 Å². The Balaban J connectivity index is 2.08. The Kier molecular flexibility index (Phi) is 3.96. The van der Waals surface area contributed by atoms with Crippen LogP contribution in [0.3, 0.4) is 0 Å². The van der Waals surface area contributed by atoms with Gasteiger partial charge in [-0.3, -0.25) is 9.59 Å². The average molecular weight is 316 g/mol. The zero-order valence-corrected chi connectivity index (χ0v) is 11.5. The van der Waals surface area contributed by atoms with Gasteiger partial charge in [-0.2, -0.15) is 13.2 Å². The molecule has 1 unspecified atom stereocenters. The van der Waals surface area contributed by atoms with Gasteiger partial charge in [-0.1, -0.05) is 12.0 Å². The predicted octanol–water partition coefficient (Wildman–Crippen LogP) is 1.53. The molecule has 1 aromatic heterocycles. The van der Waals surface area contributed by atoms with Gasteiger partial charge in [-0.05, 0) is 30.2 Å². The van der Waals surface area contributed by atoms with Crippen LogP contribution in [0.15, 0.2) is 17.5 Å². The fourth-order valence-corrected chi connectivity index (χ4v) is 2.51. The quantitative estimate of drug-likeness (QED) is 0.830. The number of carbonyl (C=O) groups excluding carboxylic acids is 2. The highest BCUT2D eigenvalue weighted by atomic mass is 32.1. The van der Waals surface area contributed by atoms with Gasteiger partial charge >= 0.3 is 6.18 Å². The van der Waals surface area contributed by atoms with Crippen LogP contribution in [0.25, 0.3) is 0 Å². The summed E-state index contributed by atoms with van der Waals surface area (Å²) < 4.78 is 38.0. The third-order valence-corrected chi connectivity index (χ3v) is 4.02. The third kappa shape index (κ3) is 3.36. The van der Waals surface area contributed by atoms with Gasteiger partial charge in [-0.15, -0.1) is 11.3 Å². The fourth-order valence-electron chi connectivity index (χ4n) is 1.73. The number of halogens is 3. The molecule has 1 fully saturated rings. The first kappa shape index (κ1) is 15.4. The van der Waals surface area contributed by atoms with Crippen molar-refractivity contribution >= 4 is 23.2 Å². The van der Waals surface area contributed by atoms with Crippen LogP contribution in [-0.4, -0.2) is 23.5 Å². The molecule has 0 spiro atoms. The lowest BCUT2D eigenvalue weighted by atomic mass is 10.1. The van der Waals surface area contributed by atoms with Gasteiger partial charge in [0.2, 0.25) is 5.91 Å². The van der Waals surface area contributed by atoms with Crippen molar-refractivity contribution < 1.29 is 22.8 Å². The number of carbonyl (C=O) groups is 2. The monoisotopic (exact) mass is 316 g/mol. The smallest absolute Gasteiger partial charge is 0.368 e. The van der Waals surface area contributed by atoms with Crippen molar-refractivity contribution in [2.75, 3.05) is 0 Å². The van der Waals surface area contributed by atoms with Gasteiger partial charge in [0.05, 0.1) is 0 Å². The van der Waals surface area contributed by atoms with Crippen molar-refractivity contribution in [2.45, 2.75) is 30.5 Å². The van der Waals surface area contributed by atoms with Gasteiger partial charge in [0.1, 0.15) is 11.5 Å². The van der Waals surface area contributed by atoms with Crippen LogP contribution < -0.4 is 11.1 Å². The summed E-state index contributed by atoms with van der Waals surface area (Å²) in [5.41, 5.74) is 3.01. The SMILES string of the molecule is NC(=O)C(C#CC(=O)NC1(C(F)(F)F)CC1)c1cccs1. The van der Waals surface area contributed by atoms with Gasteiger partial charge < -0.3 is 11.1 Å². The minimum absolute atomic E-state index is 0.159. The zero-order chi connectivity index (χ0) is 15.7. The lowest BCUT2D eigenvalue weighted by Crippen LogP contribution is -2.47. The Morgan fingerprint density at radius 3 is 2.52 bits per heavy atom. The third-order valence-electron chi connectivity index (χ3n) is 3.09. The molecule has 0 aromatic carbocycles. The normalized spacial score (nSPS) is 17.3. The number of alkyl halides is 3. The van der Waals surface area contributed by atoms with E-state index in [1.54, 1.807) is 17.5 Å². The van der Waals surface area contributed by atoms with E-state index in [2.05, 4.69) is 5.92 Å². The summed E-state index contributed by atoms with van der Waals surface area (Å²) in [5, 5.41) is 3.56. The van der Waals surface area contributed by atoms with E-state index in [1.807, 2.05) is 11.2 Å². The molecule has 112 valence electrons. The number of hydrogen-bond acceptors (Lipinski definition) is 3. The predicted molar refractivity (Wildman–Crippen MR) is 70.2 cm³/mol. The Labute approximate surface area is 122 Å². The molecule has 1 aromatic rings. The largest absolute Gasteiger partial charge is 0.411 e. The van der Waals surface area contributed by atoms with E-state index in [4.69, 9.17) is 5.73 Å². The molecule has 2 amide bonds. The van der Waals surface area contributed by atoms with Gasteiger partial charge in [0.15, 0.2) is 0 Å². The number of hydrogen-bond donors (Lipinski definition) is 2. The van der Waals surface area contributed by atoms with E-state index >= 15 is 0 Å². The van der Waals surface area contributed by atoms with Gasteiger partial charge in [0.25, 0.3) is 5.91 Å². The van der Waals surface area contributed by atoms with Crippen LogP contribution >= 0.6 is 11.3 Å². The minimum Gasteiger partial charge on any atom is -0.368 e. The highest BCUT2D eigenvalue weighted by Crippen LogP contribution is 2.48. The van der Waals surface area contributed by atoms with E-state index in [0.29, 0.717) is 4.88 Å². The molecule has 0 radical (unpaired) electrons. The highest BCUT2D eigenvalue weighted by molar-refractivity contribution is 7.10. The first-order valence-electron chi connectivity index (χ1n) is 5.98. The summed E-state index contributed by atoms with van der Waals surface area (Å²) in [5.74, 6) is 1.54. The van der Waals surface area contributed by atoms with Crippen LogP contribution in [-0.2, 0) is 9.59 Å². The second-order valence-corrected chi connectivity index (χ2v) is 5.63. The standard InChI is InChI=1S/C13H11F3N2O2S/c14-13(15,16)12(5-6-12)18-10(19)4-3-8(11(17)20)9-2-1-7-21-9/h1-2,7-8H,5-6H2,(H2,17,20)(H,18,19). The lowest BCUT2D eigenvalue weighted by molar-refractivity contribution is -0.169. The summed E-state index contributed by atoms with van der Waals surface area (Å²) in [6.45, 7) is 0. The number of nitrogens with two attached hydrogens (primary N) is 1. The van der Waals surface area contributed by atoms with E-state index in [1.165, 1.54) is 11.3 Å². The van der Waals surface area contributed by atoms with Crippen molar-refractivity contribution in [3.05, 3.63) is 22.4 Å². The Hall–Kier alpha value is -2.01. The molecule has 8 heteroatoms. The Morgan fingerprint density at radius 1 is 1.43 bits per heavy atom. The Morgan fingerprint density at radius 2 is 2.10 bits per heavy atom. The molecule has 0 bridgehead atoms. The average Bonchev–Trinajstić information content (AvgIpc) is 2.96. The molecule has 0 aliphatic heterocycles. The molecular weight excluding hydrogens is 305 g/mol. The Bertz CT molecular complexity index is 610. The fraction of sp³-hybridized carbons (Fsp3) is 0.385. The second-order valence-electron chi connectivity index (χ2n) is 4.65. The van der Waals surface area contributed by atoms with Crippen LogP contribution in [0.5, 0.6) is 0 Å². The molecule has 3 N–H and O–H groups in total. The van der Waals surface area contributed by atoms with E-state index in [0.717, 1.165) is 0 Å². The summed E-state index contributed by atoms with van der Waals surface area (Å²) in [7, 11) is 0. The van der Waals surface area contributed by atoms with Gasteiger partial charge in [0, 0.05) is 4.88 Å². The topological polar surface area (TPSA) is 72.2 Å². The maximum absolute atomic E-state index is 12.7. The molecule has 1 aliphatic carbocycles. The second kappa shape index (κ2) is 5.41. The molecule has 21 heavy (non-hydrogen) atoms. The number of primary amides is 1. The molecule has 4 nitrogen and oxygen atoms in total. The molecule has 1 aliphatic rings. The van der Waals surface area contributed by atoms with Crippen LogP contribution in [0.1, 0.15) is 23.6 Å². The van der Waals surface area contributed by atoms with Crippen LogP contribution in [0.4, 0.5) is 13.2 Å². The lowest BCUT2D eigenvalue weighted by Gasteiger charge is -2.18. The number of rotatable bonds is 3. The van der Waals surface area contributed by atoms with Crippen molar-refractivity contribution in [2.24, 2.45) is 5.73 Å². The van der Waals surface area contributed by atoms with Crippen molar-refractivity contribution in [1.29, 1.82) is 0 Å².